The minimum atomic E-state index is -0.242. The molecule has 1 aromatic rings. The highest BCUT2D eigenvalue weighted by Gasteiger charge is 2.04. The van der Waals surface area contributed by atoms with Crippen molar-refractivity contribution in [2.45, 2.75) is 19.5 Å². The molecule has 0 amide bonds. The van der Waals surface area contributed by atoms with Crippen LogP contribution in [0.25, 0.3) is 0 Å². The molecular weight excluding hydrogens is 258 g/mol. The fourth-order valence-corrected chi connectivity index (χ4v) is 1.51. The zero-order chi connectivity index (χ0) is 11.3. The molecule has 0 saturated heterocycles. The number of aliphatic hydroxyl groups excluding tert-OH is 2. The largest absolute Gasteiger partial charge is 0.395 e. The van der Waals surface area contributed by atoms with Crippen LogP contribution in [0.15, 0.2) is 22.7 Å². The second kappa shape index (κ2) is 6.23. The van der Waals surface area contributed by atoms with E-state index in [9.17, 15) is 0 Å². The van der Waals surface area contributed by atoms with E-state index in [4.69, 9.17) is 10.2 Å². The Bertz CT molecular complexity index is 313. The molecule has 3 nitrogen and oxygen atoms in total. The molecule has 84 valence electrons. The van der Waals surface area contributed by atoms with Crippen LogP contribution in [0.1, 0.15) is 11.1 Å². The van der Waals surface area contributed by atoms with Crippen molar-refractivity contribution in [2.75, 3.05) is 13.2 Å². The van der Waals surface area contributed by atoms with Gasteiger partial charge in [0.2, 0.25) is 0 Å². The van der Waals surface area contributed by atoms with Crippen LogP contribution in [0, 0.1) is 6.92 Å². The molecule has 0 saturated carbocycles. The highest BCUT2D eigenvalue weighted by Crippen LogP contribution is 2.16. The van der Waals surface area contributed by atoms with Crippen LogP contribution in [0.3, 0.4) is 0 Å². The molecule has 0 radical (unpaired) electrons. The fraction of sp³-hybridized carbons (Fsp3) is 0.455. The van der Waals surface area contributed by atoms with Crippen molar-refractivity contribution in [3.05, 3.63) is 33.8 Å². The summed E-state index contributed by atoms with van der Waals surface area (Å²) in [4.78, 5) is 0. The first kappa shape index (κ1) is 12.6. The Morgan fingerprint density at radius 1 is 1.33 bits per heavy atom. The summed E-state index contributed by atoms with van der Waals surface area (Å²) in [6.45, 7) is 2.58. The lowest BCUT2D eigenvalue weighted by Gasteiger charge is -2.13. The van der Waals surface area contributed by atoms with Crippen LogP contribution in [-0.4, -0.2) is 29.5 Å². The van der Waals surface area contributed by atoms with Gasteiger partial charge in [0.15, 0.2) is 0 Å². The number of hydrogen-bond donors (Lipinski definition) is 3. The molecule has 0 aliphatic carbocycles. The van der Waals surface area contributed by atoms with E-state index in [0.29, 0.717) is 6.54 Å². The number of benzene rings is 1. The molecule has 0 bridgehead atoms. The van der Waals surface area contributed by atoms with E-state index in [1.54, 1.807) is 0 Å². The van der Waals surface area contributed by atoms with Crippen molar-refractivity contribution in [3.63, 3.8) is 0 Å². The minimum absolute atomic E-state index is 0.0496. The Morgan fingerprint density at radius 3 is 2.53 bits per heavy atom. The van der Waals surface area contributed by atoms with Crippen molar-refractivity contribution in [1.82, 2.24) is 5.32 Å². The number of aryl methyl sites for hydroxylation is 1. The molecule has 0 aliphatic rings. The summed E-state index contributed by atoms with van der Waals surface area (Å²) in [6, 6.07) is 5.84. The molecule has 0 aromatic heterocycles. The maximum atomic E-state index is 8.87. The van der Waals surface area contributed by atoms with Gasteiger partial charge >= 0.3 is 0 Å². The molecule has 15 heavy (non-hydrogen) atoms. The molecule has 3 N–H and O–H groups in total. The van der Waals surface area contributed by atoms with Gasteiger partial charge in [-0.25, -0.2) is 0 Å². The number of nitrogens with one attached hydrogen (secondary N) is 1. The molecule has 0 spiro atoms. The quantitative estimate of drug-likeness (QED) is 0.756. The molecule has 0 unspecified atom stereocenters. The van der Waals surface area contributed by atoms with Gasteiger partial charge in [0.1, 0.15) is 0 Å². The summed E-state index contributed by atoms with van der Waals surface area (Å²) < 4.78 is 1.09. The van der Waals surface area contributed by atoms with Crippen LogP contribution in [0.5, 0.6) is 0 Å². The average Bonchev–Trinajstić information content (AvgIpc) is 2.24. The third kappa shape index (κ3) is 3.91. The van der Waals surface area contributed by atoms with Crippen molar-refractivity contribution in [1.29, 1.82) is 0 Å². The van der Waals surface area contributed by atoms with E-state index < -0.39 is 0 Å². The average molecular weight is 274 g/mol. The van der Waals surface area contributed by atoms with Crippen LogP contribution < -0.4 is 5.32 Å². The summed E-state index contributed by atoms with van der Waals surface area (Å²) in [7, 11) is 0. The van der Waals surface area contributed by atoms with Crippen LogP contribution >= 0.6 is 15.9 Å². The van der Waals surface area contributed by atoms with Gasteiger partial charge in [0.25, 0.3) is 0 Å². The van der Waals surface area contributed by atoms with E-state index >= 15 is 0 Å². The van der Waals surface area contributed by atoms with Gasteiger partial charge in [-0.15, -0.1) is 0 Å². The Morgan fingerprint density at radius 2 is 2.00 bits per heavy atom. The SMILES string of the molecule is Cc1cc(CNC(CO)CO)ccc1Br. The highest BCUT2D eigenvalue weighted by atomic mass is 79.9. The van der Waals surface area contributed by atoms with Crippen LogP contribution in [0.4, 0.5) is 0 Å². The summed E-state index contributed by atoms with van der Waals surface area (Å²) in [5.41, 5.74) is 2.32. The predicted octanol–water partition coefficient (Wildman–Crippen LogP) is 1.20. The zero-order valence-electron chi connectivity index (χ0n) is 8.70. The third-order valence-electron chi connectivity index (χ3n) is 2.26. The lowest BCUT2D eigenvalue weighted by molar-refractivity contribution is 0.170. The lowest BCUT2D eigenvalue weighted by atomic mass is 10.1. The maximum absolute atomic E-state index is 8.87. The van der Waals surface area contributed by atoms with Gasteiger partial charge in [0.05, 0.1) is 19.3 Å². The molecule has 0 heterocycles. The van der Waals surface area contributed by atoms with Crippen molar-refractivity contribution >= 4 is 15.9 Å². The summed E-state index contributed by atoms with van der Waals surface area (Å²) in [6.07, 6.45) is 0. The molecule has 1 rings (SSSR count). The molecular formula is C11H16BrNO2. The molecule has 4 heteroatoms. The minimum Gasteiger partial charge on any atom is -0.395 e. The second-order valence-electron chi connectivity index (χ2n) is 3.53. The van der Waals surface area contributed by atoms with E-state index in [2.05, 4.69) is 27.3 Å². The standard InChI is InChI=1S/C11H16BrNO2/c1-8-4-9(2-3-11(8)12)5-13-10(6-14)7-15/h2-4,10,13-15H,5-7H2,1H3. The molecule has 0 fully saturated rings. The number of halogens is 1. The number of rotatable bonds is 5. The van der Waals surface area contributed by atoms with Gasteiger partial charge in [0, 0.05) is 11.0 Å². The van der Waals surface area contributed by atoms with E-state index in [-0.39, 0.29) is 19.3 Å². The van der Waals surface area contributed by atoms with Gasteiger partial charge in [-0.3, -0.25) is 0 Å². The fourth-order valence-electron chi connectivity index (χ4n) is 1.27. The van der Waals surface area contributed by atoms with Crippen LogP contribution in [-0.2, 0) is 6.54 Å². The Balaban J connectivity index is 2.54. The van der Waals surface area contributed by atoms with E-state index in [0.717, 1.165) is 10.0 Å². The van der Waals surface area contributed by atoms with Gasteiger partial charge in [-0.1, -0.05) is 28.1 Å². The number of aliphatic hydroxyl groups is 2. The molecule has 0 atom stereocenters. The van der Waals surface area contributed by atoms with Crippen molar-refractivity contribution in [2.24, 2.45) is 0 Å². The molecule has 1 aromatic carbocycles. The first-order valence-corrected chi connectivity index (χ1v) is 5.66. The lowest BCUT2D eigenvalue weighted by Crippen LogP contribution is -2.35. The topological polar surface area (TPSA) is 52.5 Å². The first-order chi connectivity index (χ1) is 7.17. The van der Waals surface area contributed by atoms with E-state index in [1.165, 1.54) is 5.56 Å². The Kier molecular flexibility index (Phi) is 5.25. The maximum Gasteiger partial charge on any atom is 0.0607 e. The number of hydrogen-bond acceptors (Lipinski definition) is 3. The third-order valence-corrected chi connectivity index (χ3v) is 3.15. The monoisotopic (exact) mass is 273 g/mol. The summed E-state index contributed by atoms with van der Waals surface area (Å²) >= 11 is 3.44. The summed E-state index contributed by atoms with van der Waals surface area (Å²) in [5.74, 6) is 0. The Hall–Kier alpha value is -0.420. The predicted molar refractivity (Wildman–Crippen MR) is 63.7 cm³/mol. The van der Waals surface area contributed by atoms with Gasteiger partial charge in [-0.05, 0) is 24.1 Å². The second-order valence-corrected chi connectivity index (χ2v) is 4.38. The van der Waals surface area contributed by atoms with Gasteiger partial charge < -0.3 is 15.5 Å². The van der Waals surface area contributed by atoms with Crippen molar-refractivity contribution < 1.29 is 10.2 Å². The highest BCUT2D eigenvalue weighted by molar-refractivity contribution is 9.10. The van der Waals surface area contributed by atoms with Crippen LogP contribution in [0.2, 0.25) is 0 Å². The zero-order valence-corrected chi connectivity index (χ0v) is 10.3. The van der Waals surface area contributed by atoms with Crippen molar-refractivity contribution in [3.8, 4) is 0 Å². The smallest absolute Gasteiger partial charge is 0.0607 e. The first-order valence-electron chi connectivity index (χ1n) is 4.87. The van der Waals surface area contributed by atoms with E-state index in [1.807, 2.05) is 19.1 Å². The molecule has 0 aliphatic heterocycles. The Labute approximate surface area is 98.3 Å². The van der Waals surface area contributed by atoms with Gasteiger partial charge in [-0.2, -0.15) is 0 Å². The summed E-state index contributed by atoms with van der Waals surface area (Å²) in [5, 5.41) is 20.8. The normalized spacial score (nSPS) is 11.0.